The molecule has 0 spiro atoms. The largest absolute Gasteiger partial charge is 1.00 e. The fourth-order valence-electron chi connectivity index (χ4n) is 3.32. The molecule has 4 nitrogen and oxygen atoms in total. The van der Waals surface area contributed by atoms with E-state index in [0.717, 1.165) is 18.5 Å². The third kappa shape index (κ3) is 5.36. The SMILES string of the molecule is CN1Cc2ccccc2CC1CN[C@H](Cc1ccc(Cl)cc1)C(=O)[O-].[Li+]. The van der Waals surface area contributed by atoms with Crippen LogP contribution in [0.5, 0.6) is 0 Å². The average Bonchev–Trinajstić information content (AvgIpc) is 2.60. The van der Waals surface area contributed by atoms with Crippen LogP contribution in [0.2, 0.25) is 5.02 Å². The summed E-state index contributed by atoms with van der Waals surface area (Å²) in [6, 6.07) is 15.2. The molecule has 1 aliphatic rings. The Morgan fingerprint density at radius 2 is 1.88 bits per heavy atom. The average molecular weight is 365 g/mol. The maximum Gasteiger partial charge on any atom is 1.00 e. The number of aliphatic carboxylic acids is 1. The van der Waals surface area contributed by atoms with Crippen molar-refractivity contribution in [1.29, 1.82) is 0 Å². The van der Waals surface area contributed by atoms with Crippen molar-refractivity contribution in [2.45, 2.75) is 31.5 Å². The van der Waals surface area contributed by atoms with Crippen molar-refractivity contribution in [2.24, 2.45) is 0 Å². The zero-order valence-corrected chi connectivity index (χ0v) is 16.0. The summed E-state index contributed by atoms with van der Waals surface area (Å²) in [6.45, 7) is 1.49. The Morgan fingerprint density at radius 1 is 1.23 bits per heavy atom. The number of fused-ring (bicyclic) bond motifs is 1. The number of likely N-dealkylation sites (N-methyl/N-ethyl adjacent to an activating group) is 1. The number of carbonyl (C=O) groups excluding carboxylic acids is 1. The Labute approximate surface area is 171 Å². The maximum absolute atomic E-state index is 11.5. The standard InChI is InChI=1S/C20H23ClN2O2.Li/c1-23-13-16-5-3-2-4-15(16)11-18(23)12-22-19(20(24)25)10-14-6-8-17(21)9-7-14;/h2-9,18-19,22H,10-13H2,1H3,(H,24,25);/q;+1/p-1/t18?,19-;/m1./s1. The third-order valence-electron chi connectivity index (χ3n) is 4.85. The summed E-state index contributed by atoms with van der Waals surface area (Å²) >= 11 is 5.88. The second kappa shape index (κ2) is 9.59. The molecule has 1 aliphatic heterocycles. The van der Waals surface area contributed by atoms with Gasteiger partial charge in [-0.3, -0.25) is 4.90 Å². The second-order valence-corrected chi connectivity index (χ2v) is 7.09. The summed E-state index contributed by atoms with van der Waals surface area (Å²) in [4.78, 5) is 13.8. The van der Waals surface area contributed by atoms with Gasteiger partial charge in [-0.1, -0.05) is 48.0 Å². The molecule has 0 radical (unpaired) electrons. The van der Waals surface area contributed by atoms with E-state index in [0.29, 0.717) is 18.0 Å². The number of halogens is 1. The zero-order chi connectivity index (χ0) is 17.8. The predicted molar refractivity (Wildman–Crippen MR) is 97.4 cm³/mol. The Kier molecular flexibility index (Phi) is 7.76. The molecule has 1 heterocycles. The fourth-order valence-corrected chi connectivity index (χ4v) is 3.45. The van der Waals surface area contributed by atoms with E-state index < -0.39 is 12.0 Å². The van der Waals surface area contributed by atoms with E-state index in [2.05, 4.69) is 41.5 Å². The van der Waals surface area contributed by atoms with Crippen molar-refractivity contribution in [3.63, 3.8) is 0 Å². The van der Waals surface area contributed by atoms with Gasteiger partial charge in [0.1, 0.15) is 0 Å². The van der Waals surface area contributed by atoms with Gasteiger partial charge in [-0.2, -0.15) is 0 Å². The first-order valence-electron chi connectivity index (χ1n) is 8.48. The van der Waals surface area contributed by atoms with Gasteiger partial charge < -0.3 is 15.2 Å². The summed E-state index contributed by atoms with van der Waals surface area (Å²) in [6.07, 6.45) is 1.30. The van der Waals surface area contributed by atoms with Gasteiger partial charge in [-0.25, -0.2) is 0 Å². The summed E-state index contributed by atoms with van der Waals surface area (Å²) in [5, 5.41) is 15.3. The van der Waals surface area contributed by atoms with Gasteiger partial charge in [0.25, 0.3) is 0 Å². The van der Waals surface area contributed by atoms with Crippen molar-refractivity contribution in [3.8, 4) is 0 Å². The maximum atomic E-state index is 11.5. The molecule has 1 N–H and O–H groups in total. The molecule has 1 unspecified atom stereocenters. The number of rotatable bonds is 6. The van der Waals surface area contributed by atoms with Crippen molar-refractivity contribution in [1.82, 2.24) is 10.2 Å². The van der Waals surface area contributed by atoms with Crippen LogP contribution < -0.4 is 29.3 Å². The van der Waals surface area contributed by atoms with Crippen LogP contribution in [0.25, 0.3) is 0 Å². The minimum absolute atomic E-state index is 0. The van der Waals surface area contributed by atoms with Crippen LogP contribution in [0.1, 0.15) is 16.7 Å². The van der Waals surface area contributed by atoms with E-state index in [1.54, 1.807) is 12.1 Å². The fraction of sp³-hybridized carbons (Fsp3) is 0.350. The van der Waals surface area contributed by atoms with Crippen LogP contribution in [-0.4, -0.2) is 36.5 Å². The Morgan fingerprint density at radius 3 is 2.54 bits per heavy atom. The summed E-state index contributed by atoms with van der Waals surface area (Å²) in [5.41, 5.74) is 3.61. The number of hydrogen-bond acceptors (Lipinski definition) is 4. The van der Waals surface area contributed by atoms with Gasteiger partial charge in [0.2, 0.25) is 0 Å². The predicted octanol–water partition coefficient (Wildman–Crippen LogP) is -1.35. The van der Waals surface area contributed by atoms with Crippen LogP contribution in [0.15, 0.2) is 48.5 Å². The summed E-state index contributed by atoms with van der Waals surface area (Å²) in [7, 11) is 2.08. The topological polar surface area (TPSA) is 55.4 Å². The monoisotopic (exact) mass is 364 g/mol. The quantitative estimate of drug-likeness (QED) is 0.644. The Hall–Kier alpha value is -1.28. The summed E-state index contributed by atoms with van der Waals surface area (Å²) in [5.74, 6) is -1.08. The number of nitrogens with zero attached hydrogens (tertiary/aromatic N) is 1. The van der Waals surface area contributed by atoms with Crippen LogP contribution in [0.3, 0.4) is 0 Å². The number of carbonyl (C=O) groups is 1. The number of carboxylic acid groups (broad SMARTS) is 1. The van der Waals surface area contributed by atoms with Crippen molar-refractivity contribution >= 4 is 17.6 Å². The number of hydrogen-bond donors (Lipinski definition) is 1. The molecule has 0 amide bonds. The van der Waals surface area contributed by atoms with Crippen molar-refractivity contribution in [2.75, 3.05) is 13.6 Å². The molecule has 26 heavy (non-hydrogen) atoms. The molecule has 2 atom stereocenters. The van der Waals surface area contributed by atoms with Gasteiger partial charge in [0.05, 0.1) is 12.0 Å². The summed E-state index contributed by atoms with van der Waals surface area (Å²) < 4.78 is 0. The van der Waals surface area contributed by atoms with Crippen molar-refractivity contribution in [3.05, 3.63) is 70.2 Å². The van der Waals surface area contributed by atoms with Gasteiger partial charge in [-0.05, 0) is 48.7 Å². The molecule has 0 bridgehead atoms. The first-order chi connectivity index (χ1) is 12.0. The molecular weight excluding hydrogens is 343 g/mol. The molecule has 0 aromatic heterocycles. The third-order valence-corrected chi connectivity index (χ3v) is 5.11. The van der Waals surface area contributed by atoms with E-state index in [1.807, 2.05) is 12.1 Å². The van der Waals surface area contributed by atoms with Gasteiger partial charge >= 0.3 is 18.9 Å². The Balaban J connectivity index is 0.00000243. The normalized spacial score (nSPS) is 17.8. The van der Waals surface area contributed by atoms with Crippen molar-refractivity contribution < 1.29 is 28.8 Å². The number of nitrogens with one attached hydrogen (secondary N) is 1. The zero-order valence-electron chi connectivity index (χ0n) is 15.2. The van der Waals surface area contributed by atoms with Crippen LogP contribution >= 0.6 is 11.6 Å². The molecule has 0 aliphatic carbocycles. The molecule has 0 saturated carbocycles. The van der Waals surface area contributed by atoms with Crippen LogP contribution in [0.4, 0.5) is 0 Å². The van der Waals surface area contributed by atoms with E-state index >= 15 is 0 Å². The molecule has 0 saturated heterocycles. The minimum atomic E-state index is -1.08. The van der Waals surface area contributed by atoms with Gasteiger partial charge in [-0.15, -0.1) is 0 Å². The number of benzene rings is 2. The molecular formula is C20H22ClLiN2O2. The Bertz CT molecular complexity index is 739. The van der Waals surface area contributed by atoms with Gasteiger partial charge in [0, 0.05) is 24.2 Å². The second-order valence-electron chi connectivity index (χ2n) is 6.65. The smallest absolute Gasteiger partial charge is 0.548 e. The van der Waals surface area contributed by atoms with Crippen LogP contribution in [-0.2, 0) is 24.2 Å². The first kappa shape index (κ1) is 21.0. The number of carboxylic acids is 1. The molecule has 0 fully saturated rings. The molecule has 132 valence electrons. The first-order valence-corrected chi connectivity index (χ1v) is 8.86. The van der Waals surface area contributed by atoms with Gasteiger partial charge in [0.15, 0.2) is 0 Å². The molecule has 2 aromatic carbocycles. The van der Waals surface area contributed by atoms with E-state index in [4.69, 9.17) is 11.6 Å². The van der Waals surface area contributed by atoms with E-state index in [9.17, 15) is 9.90 Å². The molecule has 3 rings (SSSR count). The molecule has 6 heteroatoms. The minimum Gasteiger partial charge on any atom is -0.548 e. The molecule has 2 aromatic rings. The van der Waals surface area contributed by atoms with E-state index in [-0.39, 0.29) is 24.9 Å². The van der Waals surface area contributed by atoms with Crippen LogP contribution in [0, 0.1) is 0 Å². The van der Waals surface area contributed by atoms with E-state index in [1.165, 1.54) is 11.1 Å².